The SMILES string of the molecule is CCOCn1nnc(-c2ccc(F)cc2)c1-c1ccnc(Oc2ccc(F)cc2)n1.CCOCn1nnc(-c2ccc(F)cc2)c1-c1ccnc(Oc2ccccc2Cl)n1. The first-order chi connectivity index (χ1) is 29.3. The summed E-state index contributed by atoms with van der Waals surface area (Å²) in [5.41, 5.74) is 4.61. The fraction of sp³-hybridized carbons (Fsp3) is 0.143. The van der Waals surface area contributed by atoms with Crippen LogP contribution in [0.3, 0.4) is 0 Å². The quantitative estimate of drug-likeness (QED) is 0.103. The van der Waals surface area contributed by atoms with Gasteiger partial charge in [0.05, 0.1) is 16.4 Å². The molecule has 4 aromatic carbocycles. The molecular formula is C42H34ClF3N10O4. The minimum atomic E-state index is -0.369. The summed E-state index contributed by atoms with van der Waals surface area (Å²) in [4.78, 5) is 17.2. The highest BCUT2D eigenvalue weighted by molar-refractivity contribution is 6.32. The minimum Gasteiger partial charge on any atom is -0.424 e. The number of rotatable bonds is 14. The number of ether oxygens (including phenoxy) is 4. The van der Waals surface area contributed by atoms with Gasteiger partial charge in [0.1, 0.15) is 65.2 Å². The lowest BCUT2D eigenvalue weighted by atomic mass is 10.1. The number of para-hydroxylation sites is 1. The van der Waals surface area contributed by atoms with Crippen LogP contribution in [0.25, 0.3) is 45.3 Å². The number of hydrogen-bond acceptors (Lipinski definition) is 12. The third kappa shape index (κ3) is 10.1. The van der Waals surface area contributed by atoms with Gasteiger partial charge in [0.25, 0.3) is 0 Å². The third-order valence-corrected chi connectivity index (χ3v) is 8.67. The lowest BCUT2D eigenvalue weighted by molar-refractivity contribution is 0.0789. The van der Waals surface area contributed by atoms with Crippen molar-refractivity contribution < 1.29 is 32.1 Å². The maximum absolute atomic E-state index is 13.4. The zero-order valence-corrected chi connectivity index (χ0v) is 32.7. The molecule has 0 fully saturated rings. The van der Waals surface area contributed by atoms with Crippen molar-refractivity contribution in [3.05, 3.63) is 144 Å². The first-order valence-electron chi connectivity index (χ1n) is 18.4. The second-order valence-electron chi connectivity index (χ2n) is 12.4. The summed E-state index contributed by atoms with van der Waals surface area (Å²) in [7, 11) is 0. The van der Waals surface area contributed by atoms with Gasteiger partial charge in [0, 0.05) is 36.7 Å². The van der Waals surface area contributed by atoms with Crippen LogP contribution in [0.4, 0.5) is 13.2 Å². The second kappa shape index (κ2) is 19.6. The highest BCUT2D eigenvalue weighted by atomic mass is 35.5. The maximum atomic E-state index is 13.4. The van der Waals surface area contributed by atoms with Crippen molar-refractivity contribution >= 4 is 11.6 Å². The average molecular weight is 835 g/mol. The lowest BCUT2D eigenvalue weighted by Gasteiger charge is -2.10. The second-order valence-corrected chi connectivity index (χ2v) is 12.8. The summed E-state index contributed by atoms with van der Waals surface area (Å²) < 4.78 is 65.4. The summed E-state index contributed by atoms with van der Waals surface area (Å²) in [6.45, 7) is 5.11. The van der Waals surface area contributed by atoms with Crippen molar-refractivity contribution in [2.75, 3.05) is 13.2 Å². The van der Waals surface area contributed by atoms with E-state index in [0.717, 1.165) is 0 Å². The topological polar surface area (TPSA) is 150 Å². The van der Waals surface area contributed by atoms with E-state index in [-0.39, 0.29) is 42.9 Å². The van der Waals surface area contributed by atoms with Gasteiger partial charge in [-0.25, -0.2) is 32.5 Å². The Hall–Kier alpha value is -7.08. The molecule has 8 rings (SSSR count). The Morgan fingerprint density at radius 3 is 1.47 bits per heavy atom. The van der Waals surface area contributed by atoms with Gasteiger partial charge in [-0.2, -0.15) is 9.97 Å². The van der Waals surface area contributed by atoms with E-state index < -0.39 is 0 Å². The first kappa shape index (κ1) is 41.1. The number of benzene rings is 4. The molecule has 304 valence electrons. The van der Waals surface area contributed by atoms with Gasteiger partial charge in [-0.05, 0) is 111 Å². The molecule has 0 N–H and O–H groups in total. The normalized spacial score (nSPS) is 10.9. The highest BCUT2D eigenvalue weighted by Gasteiger charge is 2.21. The summed E-state index contributed by atoms with van der Waals surface area (Å²) >= 11 is 6.16. The molecule has 0 amide bonds. The van der Waals surface area contributed by atoms with Gasteiger partial charge in [-0.1, -0.05) is 34.2 Å². The van der Waals surface area contributed by atoms with Crippen LogP contribution in [0.2, 0.25) is 5.02 Å². The fourth-order valence-corrected chi connectivity index (χ4v) is 5.73. The molecule has 0 aliphatic carbocycles. The first-order valence-corrected chi connectivity index (χ1v) is 18.7. The van der Waals surface area contributed by atoms with Crippen LogP contribution in [-0.2, 0) is 22.9 Å². The maximum Gasteiger partial charge on any atom is 0.322 e. The number of aromatic nitrogens is 10. The summed E-state index contributed by atoms with van der Waals surface area (Å²) in [6, 6.07) is 28.1. The number of halogens is 4. The molecule has 0 aliphatic heterocycles. The summed E-state index contributed by atoms with van der Waals surface area (Å²) in [5.74, 6) is -0.213. The van der Waals surface area contributed by atoms with Crippen molar-refractivity contribution in [1.29, 1.82) is 0 Å². The third-order valence-electron chi connectivity index (χ3n) is 8.35. The number of hydrogen-bond donors (Lipinski definition) is 0. The van der Waals surface area contributed by atoms with E-state index in [1.807, 2.05) is 13.8 Å². The number of nitrogens with zero attached hydrogens (tertiary/aromatic N) is 10. The molecule has 60 heavy (non-hydrogen) atoms. The molecule has 0 spiro atoms. The standard InChI is InChI=1S/C21H17ClFN5O2.C21H17F2N5O2/c1-2-29-13-28-20(19(26-27-28)14-7-9-15(23)10-8-14)17-11-12-24-21(25-17)30-18-6-4-3-5-16(18)22;1-2-29-13-28-20(19(26-27-28)14-3-5-15(22)6-4-14)18-11-12-24-21(25-18)30-17-9-7-16(23)8-10-17/h2*3-12H,2,13H2,1H3. The van der Waals surface area contributed by atoms with Gasteiger partial charge in [-0.3, -0.25) is 0 Å². The fourth-order valence-electron chi connectivity index (χ4n) is 5.55. The molecule has 4 heterocycles. The Morgan fingerprint density at radius 2 is 1.00 bits per heavy atom. The Kier molecular flexibility index (Phi) is 13.4. The van der Waals surface area contributed by atoms with Crippen LogP contribution in [-0.4, -0.2) is 63.1 Å². The molecule has 18 heteroatoms. The molecule has 8 aromatic rings. The zero-order valence-electron chi connectivity index (χ0n) is 32.0. The van der Waals surface area contributed by atoms with Crippen LogP contribution < -0.4 is 9.47 Å². The molecule has 4 aromatic heterocycles. The average Bonchev–Trinajstić information content (AvgIpc) is 3.90. The van der Waals surface area contributed by atoms with Crippen LogP contribution in [0, 0.1) is 17.5 Å². The highest BCUT2D eigenvalue weighted by Crippen LogP contribution is 2.33. The van der Waals surface area contributed by atoms with Gasteiger partial charge in [0.15, 0.2) is 0 Å². The molecule has 0 aliphatic rings. The van der Waals surface area contributed by atoms with Crippen molar-refractivity contribution in [1.82, 2.24) is 49.9 Å². The van der Waals surface area contributed by atoms with Gasteiger partial charge in [0.2, 0.25) is 0 Å². The van der Waals surface area contributed by atoms with Crippen LogP contribution in [0.1, 0.15) is 13.8 Å². The van der Waals surface area contributed by atoms with E-state index >= 15 is 0 Å². The van der Waals surface area contributed by atoms with E-state index in [0.29, 0.717) is 75.0 Å². The summed E-state index contributed by atoms with van der Waals surface area (Å²) in [5, 5.41) is 17.3. The molecule has 0 radical (unpaired) electrons. The minimum absolute atomic E-state index is 0.0772. The molecular weight excluding hydrogens is 801 g/mol. The molecule has 0 atom stereocenters. The Morgan fingerprint density at radius 1 is 0.550 bits per heavy atom. The summed E-state index contributed by atoms with van der Waals surface area (Å²) in [6.07, 6.45) is 3.11. The van der Waals surface area contributed by atoms with E-state index in [2.05, 4.69) is 40.6 Å². The van der Waals surface area contributed by atoms with E-state index in [4.69, 9.17) is 30.5 Å². The predicted octanol–water partition coefficient (Wildman–Crippen LogP) is 9.45. The van der Waals surface area contributed by atoms with Crippen LogP contribution >= 0.6 is 11.6 Å². The monoisotopic (exact) mass is 834 g/mol. The van der Waals surface area contributed by atoms with Crippen molar-refractivity contribution in [3.63, 3.8) is 0 Å². The molecule has 14 nitrogen and oxygen atoms in total. The van der Waals surface area contributed by atoms with Crippen LogP contribution in [0.15, 0.2) is 122 Å². The molecule has 0 saturated heterocycles. The van der Waals surface area contributed by atoms with E-state index in [9.17, 15) is 13.2 Å². The predicted molar refractivity (Wildman–Crippen MR) is 214 cm³/mol. The Bertz CT molecular complexity index is 2650. The smallest absolute Gasteiger partial charge is 0.322 e. The van der Waals surface area contributed by atoms with Crippen molar-refractivity contribution in [3.8, 4) is 68.8 Å². The van der Waals surface area contributed by atoms with Gasteiger partial charge >= 0.3 is 12.0 Å². The lowest BCUT2D eigenvalue weighted by Crippen LogP contribution is -2.07. The zero-order chi connectivity index (χ0) is 41.8. The van der Waals surface area contributed by atoms with Crippen molar-refractivity contribution in [2.24, 2.45) is 0 Å². The van der Waals surface area contributed by atoms with Crippen LogP contribution in [0.5, 0.6) is 23.5 Å². The molecule has 0 saturated carbocycles. The Balaban J connectivity index is 0.000000181. The molecule has 0 unspecified atom stereocenters. The molecule has 0 bridgehead atoms. The van der Waals surface area contributed by atoms with Gasteiger partial charge < -0.3 is 18.9 Å². The van der Waals surface area contributed by atoms with E-state index in [1.54, 1.807) is 76.2 Å². The Labute approximate surface area is 346 Å². The van der Waals surface area contributed by atoms with Crippen molar-refractivity contribution in [2.45, 2.75) is 27.3 Å². The van der Waals surface area contributed by atoms with Gasteiger partial charge in [-0.15, -0.1) is 10.2 Å². The largest absolute Gasteiger partial charge is 0.424 e. The van der Waals surface area contributed by atoms with E-state index in [1.165, 1.54) is 54.7 Å².